The van der Waals surface area contributed by atoms with Crippen molar-refractivity contribution in [3.63, 3.8) is 0 Å². The lowest BCUT2D eigenvalue weighted by atomic mass is 9.96. The molecule has 0 amide bonds. The maximum absolute atomic E-state index is 13.1. The molecule has 4 nitrogen and oxygen atoms in total. The summed E-state index contributed by atoms with van der Waals surface area (Å²) in [4.78, 5) is 4.78. The second-order valence-corrected chi connectivity index (χ2v) is 7.03. The van der Waals surface area contributed by atoms with Gasteiger partial charge >= 0.3 is 0 Å². The number of aliphatic hydroxyl groups excluding tert-OH is 1. The topological polar surface area (TPSA) is 56.6 Å². The van der Waals surface area contributed by atoms with Crippen LogP contribution in [0.5, 0.6) is 0 Å². The number of rotatable bonds is 10. The smallest absolute Gasteiger partial charge is 0.191 e. The molecule has 1 fully saturated rings. The first-order valence-corrected chi connectivity index (χ1v) is 9.52. The Hall–Kier alpha value is -1.62. The Labute approximate surface area is 150 Å². The first-order chi connectivity index (χ1) is 12.1. The highest BCUT2D eigenvalue weighted by atomic mass is 19.1. The number of aliphatic hydroxyl groups is 1. The second-order valence-electron chi connectivity index (χ2n) is 7.03. The summed E-state index contributed by atoms with van der Waals surface area (Å²) in [5.74, 6) is 1.10. The van der Waals surface area contributed by atoms with Crippen LogP contribution in [0.1, 0.15) is 51.5 Å². The fourth-order valence-corrected chi connectivity index (χ4v) is 3.24. The number of guanidine groups is 1. The van der Waals surface area contributed by atoms with E-state index in [9.17, 15) is 9.50 Å². The summed E-state index contributed by atoms with van der Waals surface area (Å²) < 4.78 is 13.1. The number of aliphatic imine (C=N–C) groups is 1. The third kappa shape index (κ3) is 5.99. The molecular formula is C20H32FN3O. The monoisotopic (exact) mass is 349 g/mol. The van der Waals surface area contributed by atoms with E-state index in [1.54, 1.807) is 0 Å². The van der Waals surface area contributed by atoms with Crippen molar-refractivity contribution in [1.82, 2.24) is 10.6 Å². The van der Waals surface area contributed by atoms with Crippen LogP contribution in [0.15, 0.2) is 29.3 Å². The lowest BCUT2D eigenvalue weighted by molar-refractivity contribution is 0.251. The maximum Gasteiger partial charge on any atom is 0.191 e. The lowest BCUT2D eigenvalue weighted by Gasteiger charge is -2.19. The average molecular weight is 349 g/mol. The van der Waals surface area contributed by atoms with Crippen molar-refractivity contribution >= 4 is 5.96 Å². The zero-order valence-electron chi connectivity index (χ0n) is 15.5. The van der Waals surface area contributed by atoms with Gasteiger partial charge in [-0.3, -0.25) is 4.99 Å². The number of hydrogen-bond donors (Lipinski definition) is 3. The zero-order valence-corrected chi connectivity index (χ0v) is 15.5. The molecule has 3 N–H and O–H groups in total. The van der Waals surface area contributed by atoms with Gasteiger partial charge in [0.2, 0.25) is 0 Å². The second kappa shape index (κ2) is 9.76. The SMILES string of the molecule is CCCC(CCO)CNC(=NCC1(c2ccc(F)cc2)CC1)NCC. The van der Waals surface area contributed by atoms with E-state index in [2.05, 4.69) is 24.5 Å². The molecule has 1 unspecified atom stereocenters. The Morgan fingerprint density at radius 3 is 2.48 bits per heavy atom. The van der Waals surface area contributed by atoms with Crippen molar-refractivity contribution in [3.8, 4) is 0 Å². The van der Waals surface area contributed by atoms with Crippen molar-refractivity contribution in [1.29, 1.82) is 0 Å². The molecule has 0 radical (unpaired) electrons. The standard InChI is InChI=1S/C20H32FN3O/c1-3-5-16(10-13-25)14-23-19(22-4-2)24-15-20(11-12-20)17-6-8-18(21)9-7-17/h6-9,16,25H,3-5,10-15H2,1-2H3,(H2,22,23,24). The molecule has 1 saturated carbocycles. The minimum absolute atomic E-state index is 0.0734. The average Bonchev–Trinajstić information content (AvgIpc) is 3.39. The van der Waals surface area contributed by atoms with Gasteiger partial charge in [0.1, 0.15) is 5.82 Å². The number of nitrogens with zero attached hydrogens (tertiary/aromatic N) is 1. The molecule has 1 aliphatic rings. The molecule has 2 rings (SSSR count). The molecule has 25 heavy (non-hydrogen) atoms. The Morgan fingerprint density at radius 1 is 1.20 bits per heavy atom. The summed E-state index contributed by atoms with van der Waals surface area (Å²) in [6.45, 7) is 6.81. The molecule has 140 valence electrons. The van der Waals surface area contributed by atoms with Crippen LogP contribution in [0.3, 0.4) is 0 Å². The Morgan fingerprint density at radius 2 is 1.92 bits per heavy atom. The number of nitrogens with one attached hydrogen (secondary N) is 2. The molecule has 1 atom stereocenters. The van der Waals surface area contributed by atoms with Gasteiger partial charge < -0.3 is 15.7 Å². The van der Waals surface area contributed by atoms with Gasteiger partial charge in [0, 0.05) is 25.1 Å². The van der Waals surface area contributed by atoms with Gasteiger partial charge in [-0.2, -0.15) is 0 Å². The predicted octanol–water partition coefficient (Wildman–Crippen LogP) is 3.21. The predicted molar refractivity (Wildman–Crippen MR) is 101 cm³/mol. The highest BCUT2D eigenvalue weighted by Crippen LogP contribution is 2.48. The van der Waals surface area contributed by atoms with Crippen LogP contribution in [-0.2, 0) is 5.41 Å². The third-order valence-corrected chi connectivity index (χ3v) is 4.99. The molecule has 0 aliphatic heterocycles. The summed E-state index contributed by atoms with van der Waals surface area (Å²) in [6.07, 6.45) is 5.25. The third-order valence-electron chi connectivity index (χ3n) is 4.99. The summed E-state index contributed by atoms with van der Waals surface area (Å²) >= 11 is 0. The normalized spacial score (nSPS) is 17.2. The van der Waals surface area contributed by atoms with Crippen molar-refractivity contribution in [2.45, 2.75) is 51.4 Å². The van der Waals surface area contributed by atoms with Gasteiger partial charge in [-0.05, 0) is 56.2 Å². The first-order valence-electron chi connectivity index (χ1n) is 9.52. The minimum atomic E-state index is -0.191. The van der Waals surface area contributed by atoms with Crippen LogP contribution in [0.25, 0.3) is 0 Å². The maximum atomic E-state index is 13.1. The Bertz CT molecular complexity index is 534. The van der Waals surface area contributed by atoms with E-state index in [1.165, 1.54) is 17.7 Å². The Kier molecular flexibility index (Phi) is 7.69. The Balaban J connectivity index is 1.95. The fraction of sp³-hybridized carbons (Fsp3) is 0.650. The van der Waals surface area contributed by atoms with Crippen LogP contribution in [0, 0.1) is 11.7 Å². The molecular weight excluding hydrogens is 317 g/mol. The minimum Gasteiger partial charge on any atom is -0.396 e. The van der Waals surface area contributed by atoms with Crippen LogP contribution in [0.4, 0.5) is 4.39 Å². The molecule has 1 aromatic rings. The van der Waals surface area contributed by atoms with E-state index in [1.807, 2.05) is 12.1 Å². The summed E-state index contributed by atoms with van der Waals surface area (Å²) in [7, 11) is 0. The molecule has 0 heterocycles. The number of halogens is 1. The molecule has 0 aromatic heterocycles. The summed E-state index contributed by atoms with van der Waals surface area (Å²) in [5, 5.41) is 15.9. The molecule has 0 bridgehead atoms. The van der Waals surface area contributed by atoms with E-state index in [4.69, 9.17) is 4.99 Å². The fourth-order valence-electron chi connectivity index (χ4n) is 3.24. The van der Waals surface area contributed by atoms with E-state index in [0.29, 0.717) is 12.5 Å². The van der Waals surface area contributed by atoms with Crippen LogP contribution >= 0.6 is 0 Å². The zero-order chi connectivity index (χ0) is 18.1. The number of benzene rings is 1. The van der Waals surface area contributed by atoms with Gasteiger partial charge in [-0.15, -0.1) is 0 Å². The van der Waals surface area contributed by atoms with Crippen molar-refractivity contribution in [3.05, 3.63) is 35.6 Å². The van der Waals surface area contributed by atoms with Crippen LogP contribution < -0.4 is 10.6 Å². The van der Waals surface area contributed by atoms with Gasteiger partial charge in [0.15, 0.2) is 5.96 Å². The first kappa shape index (κ1) is 19.7. The molecule has 5 heteroatoms. The molecule has 0 spiro atoms. The van der Waals surface area contributed by atoms with E-state index < -0.39 is 0 Å². The van der Waals surface area contributed by atoms with Crippen LogP contribution in [-0.4, -0.2) is 37.3 Å². The quantitative estimate of drug-likeness (QED) is 0.449. The van der Waals surface area contributed by atoms with Gasteiger partial charge in [0.25, 0.3) is 0 Å². The van der Waals surface area contributed by atoms with Crippen molar-refractivity contribution < 1.29 is 9.50 Å². The molecule has 1 aliphatic carbocycles. The summed E-state index contributed by atoms with van der Waals surface area (Å²) in [5.41, 5.74) is 1.25. The van der Waals surface area contributed by atoms with Gasteiger partial charge in [-0.1, -0.05) is 25.5 Å². The number of hydrogen-bond acceptors (Lipinski definition) is 2. The van der Waals surface area contributed by atoms with Crippen LogP contribution in [0.2, 0.25) is 0 Å². The van der Waals surface area contributed by atoms with Crippen molar-refractivity contribution in [2.75, 3.05) is 26.2 Å². The van der Waals surface area contributed by atoms with E-state index in [0.717, 1.165) is 51.2 Å². The van der Waals surface area contributed by atoms with E-state index >= 15 is 0 Å². The summed E-state index contributed by atoms with van der Waals surface area (Å²) in [6, 6.07) is 6.84. The highest BCUT2D eigenvalue weighted by molar-refractivity contribution is 5.79. The van der Waals surface area contributed by atoms with Crippen molar-refractivity contribution in [2.24, 2.45) is 10.9 Å². The molecule has 0 saturated heterocycles. The van der Waals surface area contributed by atoms with E-state index in [-0.39, 0.29) is 17.8 Å². The highest BCUT2D eigenvalue weighted by Gasteiger charge is 2.44. The lowest BCUT2D eigenvalue weighted by Crippen LogP contribution is -2.40. The largest absolute Gasteiger partial charge is 0.396 e. The molecule has 1 aromatic carbocycles. The van der Waals surface area contributed by atoms with Gasteiger partial charge in [0.05, 0.1) is 6.54 Å². The van der Waals surface area contributed by atoms with Gasteiger partial charge in [-0.25, -0.2) is 4.39 Å².